The van der Waals surface area contributed by atoms with Gasteiger partial charge in [0, 0.05) is 43.9 Å². The number of aromatic nitrogens is 4. The summed E-state index contributed by atoms with van der Waals surface area (Å²) in [6, 6.07) is 6.18. The molecule has 8 nitrogen and oxygen atoms in total. The molecule has 3 aliphatic rings. The van der Waals surface area contributed by atoms with E-state index in [0.29, 0.717) is 17.4 Å². The molecule has 176 valence electrons. The lowest BCUT2D eigenvalue weighted by atomic mass is 9.90. The lowest BCUT2D eigenvalue weighted by Gasteiger charge is -2.34. The molecule has 0 spiro atoms. The largest absolute Gasteiger partial charge is 0.497 e. The minimum atomic E-state index is 0.0805. The number of likely N-dealkylation sites (N-methyl/N-ethyl adjacent to an activating group) is 1. The van der Waals surface area contributed by atoms with Gasteiger partial charge in [0.05, 0.1) is 30.3 Å². The summed E-state index contributed by atoms with van der Waals surface area (Å²) < 4.78 is 7.27. The molecule has 0 radical (unpaired) electrons. The second kappa shape index (κ2) is 8.51. The Hall–Kier alpha value is -3.26. The fraction of sp³-hybridized carbons (Fsp3) is 0.462. The van der Waals surface area contributed by atoms with Crippen LogP contribution in [0.5, 0.6) is 5.75 Å². The molecule has 1 aliphatic heterocycles. The first kappa shape index (κ1) is 21.3. The fourth-order valence-corrected chi connectivity index (χ4v) is 5.18. The second-order valence-corrected chi connectivity index (χ2v) is 9.42. The third-order valence-corrected chi connectivity index (χ3v) is 7.38. The van der Waals surface area contributed by atoms with E-state index in [4.69, 9.17) is 9.72 Å². The first-order valence-electron chi connectivity index (χ1n) is 12.3. The molecule has 2 aromatic heterocycles. The fourth-order valence-electron chi connectivity index (χ4n) is 5.18. The zero-order chi connectivity index (χ0) is 23.2. The molecule has 1 amide bonds. The molecule has 0 unspecified atom stereocenters. The Kier molecular flexibility index (Phi) is 5.32. The van der Waals surface area contributed by atoms with Crippen molar-refractivity contribution in [3.8, 4) is 23.0 Å². The highest BCUT2D eigenvalue weighted by Gasteiger charge is 2.35. The van der Waals surface area contributed by atoms with Crippen molar-refractivity contribution >= 4 is 5.91 Å². The van der Waals surface area contributed by atoms with Gasteiger partial charge in [0.15, 0.2) is 0 Å². The molecule has 0 atom stereocenters. The van der Waals surface area contributed by atoms with Gasteiger partial charge in [-0.1, -0.05) is 13.0 Å². The minimum Gasteiger partial charge on any atom is -0.497 e. The smallest absolute Gasteiger partial charge is 0.257 e. The van der Waals surface area contributed by atoms with E-state index < -0.39 is 0 Å². The quantitative estimate of drug-likeness (QED) is 0.585. The maximum atomic E-state index is 13.5. The standard InChI is InChI=1S/C26H30N6O2/c1-3-30-10-12-31(13-11-30)25(33)22-16-28-32(24(22)18-5-6-18)26-27-15-19-7-4-17-8-9-20(34-2)14-21(17)23(19)29-26/h8-9,14-16,18H,3-7,10-13H2,1-2H3. The Balaban J connectivity index is 1.37. The first-order chi connectivity index (χ1) is 16.7. The molecule has 0 bridgehead atoms. The zero-order valence-corrected chi connectivity index (χ0v) is 19.8. The Morgan fingerprint density at radius 2 is 1.88 bits per heavy atom. The summed E-state index contributed by atoms with van der Waals surface area (Å²) >= 11 is 0. The predicted octanol–water partition coefficient (Wildman–Crippen LogP) is 3.09. The van der Waals surface area contributed by atoms with Crippen molar-refractivity contribution in [3.05, 3.63) is 53.0 Å². The van der Waals surface area contributed by atoms with Crippen molar-refractivity contribution in [2.24, 2.45) is 0 Å². The van der Waals surface area contributed by atoms with Crippen LogP contribution in [0.1, 0.15) is 52.9 Å². The molecule has 2 aliphatic carbocycles. The topological polar surface area (TPSA) is 76.4 Å². The van der Waals surface area contributed by atoms with Gasteiger partial charge in [-0.05, 0) is 55.5 Å². The number of hydrogen-bond acceptors (Lipinski definition) is 6. The molecular weight excluding hydrogens is 428 g/mol. The molecule has 1 saturated heterocycles. The van der Waals surface area contributed by atoms with E-state index >= 15 is 0 Å². The lowest BCUT2D eigenvalue weighted by molar-refractivity contribution is 0.0642. The van der Waals surface area contributed by atoms with Gasteiger partial charge in [0.25, 0.3) is 11.9 Å². The SMILES string of the molecule is CCN1CCN(C(=O)c2cnn(-c3ncc4c(n3)-c3cc(OC)ccc3CC4)c2C2CC2)CC1. The molecular formula is C26H30N6O2. The molecule has 1 aromatic carbocycles. The van der Waals surface area contributed by atoms with Crippen LogP contribution in [0.25, 0.3) is 17.2 Å². The van der Waals surface area contributed by atoms with Crippen molar-refractivity contribution in [1.29, 1.82) is 0 Å². The zero-order valence-electron chi connectivity index (χ0n) is 19.8. The molecule has 3 heterocycles. The van der Waals surface area contributed by atoms with E-state index in [-0.39, 0.29) is 5.91 Å². The highest BCUT2D eigenvalue weighted by Crippen LogP contribution is 2.43. The number of aryl methyl sites for hydroxylation is 2. The lowest BCUT2D eigenvalue weighted by Crippen LogP contribution is -2.48. The summed E-state index contributed by atoms with van der Waals surface area (Å²) in [5, 5.41) is 4.64. The summed E-state index contributed by atoms with van der Waals surface area (Å²) in [6.45, 7) is 6.56. The number of rotatable bonds is 5. The number of fused-ring (bicyclic) bond motifs is 3. The normalized spacial score (nSPS) is 17.9. The van der Waals surface area contributed by atoms with Crippen LogP contribution in [0.2, 0.25) is 0 Å². The van der Waals surface area contributed by atoms with Gasteiger partial charge < -0.3 is 14.5 Å². The van der Waals surface area contributed by atoms with Crippen LogP contribution in [0.4, 0.5) is 0 Å². The van der Waals surface area contributed by atoms with Crippen LogP contribution >= 0.6 is 0 Å². The van der Waals surface area contributed by atoms with Crippen molar-refractivity contribution in [2.75, 3.05) is 39.8 Å². The number of nitrogens with zero attached hydrogens (tertiary/aromatic N) is 6. The summed E-state index contributed by atoms with van der Waals surface area (Å²) in [7, 11) is 1.68. The van der Waals surface area contributed by atoms with Crippen LogP contribution < -0.4 is 4.74 Å². The van der Waals surface area contributed by atoms with E-state index in [2.05, 4.69) is 34.0 Å². The molecule has 1 saturated carbocycles. The summed E-state index contributed by atoms with van der Waals surface area (Å²) in [4.78, 5) is 27.5. The molecule has 3 aromatic rings. The van der Waals surface area contributed by atoms with Crippen molar-refractivity contribution in [1.82, 2.24) is 29.5 Å². The number of benzene rings is 1. The first-order valence-corrected chi connectivity index (χ1v) is 12.3. The van der Waals surface area contributed by atoms with Gasteiger partial charge in [-0.2, -0.15) is 5.10 Å². The number of carbonyl (C=O) groups is 1. The Bertz CT molecular complexity index is 1240. The maximum Gasteiger partial charge on any atom is 0.257 e. The van der Waals surface area contributed by atoms with Gasteiger partial charge in [-0.25, -0.2) is 14.6 Å². The van der Waals surface area contributed by atoms with Gasteiger partial charge in [0.1, 0.15) is 5.75 Å². The van der Waals surface area contributed by atoms with E-state index in [9.17, 15) is 4.79 Å². The van der Waals surface area contributed by atoms with Gasteiger partial charge in [0.2, 0.25) is 0 Å². The van der Waals surface area contributed by atoms with Gasteiger partial charge in [-0.3, -0.25) is 4.79 Å². The van der Waals surface area contributed by atoms with E-state index in [1.54, 1.807) is 13.3 Å². The van der Waals surface area contributed by atoms with Crippen LogP contribution in [0.3, 0.4) is 0 Å². The second-order valence-electron chi connectivity index (χ2n) is 9.42. The molecule has 0 N–H and O–H groups in total. The monoisotopic (exact) mass is 458 g/mol. The maximum absolute atomic E-state index is 13.5. The van der Waals surface area contributed by atoms with E-state index in [1.807, 2.05) is 21.8 Å². The van der Waals surface area contributed by atoms with Crippen LogP contribution in [-0.2, 0) is 12.8 Å². The number of methoxy groups -OCH3 is 1. The Morgan fingerprint density at radius 1 is 1.09 bits per heavy atom. The van der Waals surface area contributed by atoms with Crippen molar-refractivity contribution in [2.45, 2.75) is 38.5 Å². The highest BCUT2D eigenvalue weighted by molar-refractivity contribution is 5.95. The Labute approximate surface area is 199 Å². The number of hydrogen-bond donors (Lipinski definition) is 0. The number of carbonyl (C=O) groups excluding carboxylic acids is 1. The van der Waals surface area contributed by atoms with E-state index in [0.717, 1.165) is 86.7 Å². The molecule has 6 rings (SSSR count). The van der Waals surface area contributed by atoms with Crippen molar-refractivity contribution < 1.29 is 9.53 Å². The van der Waals surface area contributed by atoms with Crippen LogP contribution in [0, 0.1) is 0 Å². The molecule has 8 heteroatoms. The summed E-state index contributed by atoms with van der Waals surface area (Å²) in [5.41, 5.74) is 6.10. The number of amides is 1. The molecule has 34 heavy (non-hydrogen) atoms. The van der Waals surface area contributed by atoms with Gasteiger partial charge >= 0.3 is 0 Å². The highest BCUT2D eigenvalue weighted by atomic mass is 16.5. The predicted molar refractivity (Wildman–Crippen MR) is 129 cm³/mol. The van der Waals surface area contributed by atoms with Crippen LogP contribution in [0.15, 0.2) is 30.6 Å². The Morgan fingerprint density at radius 3 is 2.62 bits per heavy atom. The third-order valence-electron chi connectivity index (χ3n) is 7.38. The van der Waals surface area contributed by atoms with Gasteiger partial charge in [-0.15, -0.1) is 0 Å². The number of piperazine rings is 1. The molecule has 2 fully saturated rings. The average Bonchev–Trinajstić information content (AvgIpc) is 3.65. The third kappa shape index (κ3) is 3.66. The van der Waals surface area contributed by atoms with E-state index in [1.165, 1.54) is 5.56 Å². The summed E-state index contributed by atoms with van der Waals surface area (Å²) in [6.07, 6.45) is 7.66. The minimum absolute atomic E-state index is 0.0805. The average molecular weight is 459 g/mol. The van der Waals surface area contributed by atoms with Crippen LogP contribution in [-0.4, -0.2) is 75.3 Å². The summed E-state index contributed by atoms with van der Waals surface area (Å²) in [5.74, 6) is 1.77. The van der Waals surface area contributed by atoms with Crippen molar-refractivity contribution in [3.63, 3.8) is 0 Å². The number of ether oxygens (including phenoxy) is 1.